The number of hydrogen-bond acceptors (Lipinski definition) is 5. The highest BCUT2D eigenvalue weighted by Crippen LogP contribution is 2.19. The number of morpholine rings is 1. The summed E-state index contributed by atoms with van der Waals surface area (Å²) in [5, 5.41) is 13.8. The average Bonchev–Trinajstić information content (AvgIpc) is 3.05. The van der Waals surface area contributed by atoms with Crippen LogP contribution in [0.2, 0.25) is 0 Å². The smallest absolute Gasteiger partial charge is 0.305 e. The molecule has 0 bridgehead atoms. The van der Waals surface area contributed by atoms with E-state index in [2.05, 4.69) is 10.1 Å². The Morgan fingerprint density at radius 1 is 1.35 bits per heavy atom. The molecule has 4 rings (SSSR count). The summed E-state index contributed by atoms with van der Waals surface area (Å²) in [4.78, 5) is 40.6. The van der Waals surface area contributed by atoms with Gasteiger partial charge in [-0.15, -0.1) is 0 Å². The maximum absolute atomic E-state index is 13.0. The molecule has 2 N–H and O–H groups in total. The third kappa shape index (κ3) is 2.62. The summed E-state index contributed by atoms with van der Waals surface area (Å²) in [5.74, 6) is -1.38. The van der Waals surface area contributed by atoms with Crippen LogP contribution in [-0.2, 0) is 9.53 Å². The first-order valence-corrected chi connectivity index (χ1v) is 8.15. The summed E-state index contributed by atoms with van der Waals surface area (Å²) < 4.78 is 6.82. The van der Waals surface area contributed by atoms with Crippen molar-refractivity contribution in [1.82, 2.24) is 19.5 Å². The number of amides is 1. The largest absolute Gasteiger partial charge is 0.481 e. The number of aliphatic carboxylic acids is 1. The minimum atomic E-state index is -1.00. The molecule has 0 radical (unpaired) electrons. The molecular weight excluding hydrogens is 340 g/mol. The summed E-state index contributed by atoms with van der Waals surface area (Å²) in [7, 11) is 0. The zero-order valence-electron chi connectivity index (χ0n) is 13.7. The van der Waals surface area contributed by atoms with Gasteiger partial charge in [0, 0.05) is 6.54 Å². The Balaban J connectivity index is 1.80. The molecule has 1 aromatic carbocycles. The topological polar surface area (TPSA) is 117 Å². The molecule has 1 amide bonds. The summed E-state index contributed by atoms with van der Waals surface area (Å²) >= 11 is 0. The predicted molar refractivity (Wildman–Crippen MR) is 91.2 cm³/mol. The Morgan fingerprint density at radius 3 is 2.96 bits per heavy atom. The number of nitrogens with zero attached hydrogens (tertiary/aromatic N) is 3. The van der Waals surface area contributed by atoms with Gasteiger partial charge in [-0.3, -0.25) is 14.4 Å². The second-order valence-corrected chi connectivity index (χ2v) is 6.12. The number of fused-ring (bicyclic) bond motifs is 3. The molecule has 1 unspecified atom stereocenters. The third-order valence-corrected chi connectivity index (χ3v) is 4.51. The van der Waals surface area contributed by atoms with E-state index in [1.54, 1.807) is 24.3 Å². The van der Waals surface area contributed by atoms with Gasteiger partial charge in [0.1, 0.15) is 11.2 Å². The van der Waals surface area contributed by atoms with Crippen LogP contribution in [0, 0.1) is 0 Å². The van der Waals surface area contributed by atoms with Crippen LogP contribution < -0.4 is 5.56 Å². The van der Waals surface area contributed by atoms with Gasteiger partial charge < -0.3 is 19.7 Å². The zero-order chi connectivity index (χ0) is 18.3. The van der Waals surface area contributed by atoms with Crippen molar-refractivity contribution in [3.8, 4) is 0 Å². The number of carbonyl (C=O) groups is 2. The number of aromatic amines is 1. The first-order chi connectivity index (χ1) is 12.6. The molecule has 0 saturated carbocycles. The van der Waals surface area contributed by atoms with Gasteiger partial charge in [0.05, 0.1) is 42.8 Å². The fraction of sp³-hybridized carbons (Fsp3) is 0.294. The number of aromatic nitrogens is 3. The predicted octanol–water partition coefficient (Wildman–Crippen LogP) is 0.492. The van der Waals surface area contributed by atoms with E-state index in [-0.39, 0.29) is 36.6 Å². The van der Waals surface area contributed by atoms with E-state index in [1.807, 2.05) is 0 Å². The summed E-state index contributed by atoms with van der Waals surface area (Å²) in [6, 6.07) is 6.41. The van der Waals surface area contributed by atoms with E-state index < -0.39 is 12.0 Å². The van der Waals surface area contributed by atoms with Gasteiger partial charge >= 0.3 is 5.97 Å². The van der Waals surface area contributed by atoms with Crippen molar-refractivity contribution in [2.24, 2.45) is 0 Å². The number of H-pyrrole nitrogens is 1. The van der Waals surface area contributed by atoms with E-state index in [4.69, 9.17) is 9.84 Å². The van der Waals surface area contributed by atoms with E-state index in [0.717, 1.165) is 0 Å². The summed E-state index contributed by atoms with van der Waals surface area (Å²) in [5.41, 5.74) is 0.797. The molecule has 1 aliphatic rings. The Hall–Kier alpha value is -3.20. The van der Waals surface area contributed by atoms with Crippen molar-refractivity contribution in [3.05, 3.63) is 46.4 Å². The van der Waals surface area contributed by atoms with Crippen LogP contribution in [-0.4, -0.2) is 62.3 Å². The number of benzene rings is 1. The highest BCUT2D eigenvalue weighted by Gasteiger charge is 2.31. The lowest BCUT2D eigenvalue weighted by atomic mass is 10.1. The molecule has 3 heterocycles. The fourth-order valence-electron chi connectivity index (χ4n) is 3.28. The minimum Gasteiger partial charge on any atom is -0.481 e. The number of carboxylic acids is 1. The van der Waals surface area contributed by atoms with Crippen LogP contribution in [0.5, 0.6) is 0 Å². The lowest BCUT2D eigenvalue weighted by molar-refractivity contribution is -0.139. The number of para-hydroxylation sites is 1. The van der Waals surface area contributed by atoms with Crippen LogP contribution in [0.25, 0.3) is 16.6 Å². The van der Waals surface area contributed by atoms with Crippen molar-refractivity contribution in [1.29, 1.82) is 0 Å². The van der Waals surface area contributed by atoms with Crippen molar-refractivity contribution in [3.63, 3.8) is 0 Å². The molecule has 9 heteroatoms. The van der Waals surface area contributed by atoms with Crippen molar-refractivity contribution < 1.29 is 19.4 Å². The standard InChI is InChI=1S/C17H16N4O5/c22-14(23)7-10-9-26-6-5-20(10)17(25)12-8-18-21-13-4-2-1-3-11(13)16(24)19-15(12)21/h1-4,8,10H,5-7,9H2,(H,19,24)(H,22,23). The van der Waals surface area contributed by atoms with Gasteiger partial charge in [-0.25, -0.2) is 4.52 Å². The SMILES string of the molecule is O=C(O)CC1COCCN1C(=O)c1cnn2c1[nH]c(=O)c1ccccc12. The normalized spacial score (nSPS) is 17.7. The first kappa shape index (κ1) is 16.3. The number of ether oxygens (including phenoxy) is 1. The Bertz CT molecular complexity index is 1070. The molecule has 1 aliphatic heterocycles. The molecule has 26 heavy (non-hydrogen) atoms. The lowest BCUT2D eigenvalue weighted by Crippen LogP contribution is -2.49. The van der Waals surface area contributed by atoms with Gasteiger partial charge in [-0.05, 0) is 12.1 Å². The Kier molecular flexibility index (Phi) is 3.92. The highest BCUT2D eigenvalue weighted by molar-refractivity contribution is 6.01. The molecular formula is C17H16N4O5. The van der Waals surface area contributed by atoms with Crippen LogP contribution in [0.1, 0.15) is 16.8 Å². The van der Waals surface area contributed by atoms with Crippen LogP contribution in [0.3, 0.4) is 0 Å². The Labute approximate surface area is 146 Å². The molecule has 1 atom stereocenters. The number of carbonyl (C=O) groups excluding carboxylic acids is 1. The summed E-state index contributed by atoms with van der Waals surface area (Å²) in [6.45, 7) is 0.781. The number of rotatable bonds is 3. The van der Waals surface area contributed by atoms with Gasteiger partial charge in [-0.2, -0.15) is 5.10 Å². The molecule has 2 aromatic heterocycles. The molecule has 9 nitrogen and oxygen atoms in total. The lowest BCUT2D eigenvalue weighted by Gasteiger charge is -2.34. The van der Waals surface area contributed by atoms with E-state index in [1.165, 1.54) is 15.6 Å². The van der Waals surface area contributed by atoms with E-state index in [0.29, 0.717) is 23.2 Å². The van der Waals surface area contributed by atoms with E-state index in [9.17, 15) is 14.4 Å². The maximum Gasteiger partial charge on any atom is 0.305 e. The first-order valence-electron chi connectivity index (χ1n) is 8.15. The molecule has 134 valence electrons. The van der Waals surface area contributed by atoms with Crippen LogP contribution in [0.15, 0.2) is 35.3 Å². The monoisotopic (exact) mass is 356 g/mol. The molecule has 3 aromatic rings. The van der Waals surface area contributed by atoms with Crippen molar-refractivity contribution >= 4 is 28.4 Å². The molecule has 0 spiro atoms. The van der Waals surface area contributed by atoms with Crippen molar-refractivity contribution in [2.45, 2.75) is 12.5 Å². The summed E-state index contributed by atoms with van der Waals surface area (Å²) in [6.07, 6.45) is 1.19. The average molecular weight is 356 g/mol. The number of carboxylic acid groups (broad SMARTS) is 1. The molecule has 1 fully saturated rings. The zero-order valence-corrected chi connectivity index (χ0v) is 13.7. The van der Waals surface area contributed by atoms with Gasteiger partial charge in [-0.1, -0.05) is 12.1 Å². The van der Waals surface area contributed by atoms with Gasteiger partial charge in [0.25, 0.3) is 11.5 Å². The molecule has 1 saturated heterocycles. The molecule has 0 aliphatic carbocycles. The number of nitrogens with one attached hydrogen (secondary N) is 1. The highest BCUT2D eigenvalue weighted by atomic mass is 16.5. The second-order valence-electron chi connectivity index (χ2n) is 6.12. The van der Waals surface area contributed by atoms with E-state index >= 15 is 0 Å². The van der Waals surface area contributed by atoms with Crippen LogP contribution in [0.4, 0.5) is 0 Å². The quantitative estimate of drug-likeness (QED) is 0.705. The second kappa shape index (κ2) is 6.26. The fourth-order valence-corrected chi connectivity index (χ4v) is 3.28. The van der Waals surface area contributed by atoms with Crippen molar-refractivity contribution in [2.75, 3.05) is 19.8 Å². The Morgan fingerprint density at radius 2 is 2.15 bits per heavy atom. The maximum atomic E-state index is 13.0. The third-order valence-electron chi connectivity index (χ3n) is 4.51. The van der Waals surface area contributed by atoms with Gasteiger partial charge in [0.15, 0.2) is 0 Å². The van der Waals surface area contributed by atoms with Gasteiger partial charge in [0.2, 0.25) is 0 Å². The van der Waals surface area contributed by atoms with Crippen LogP contribution >= 0.6 is 0 Å². The number of hydrogen-bond donors (Lipinski definition) is 2. The minimum absolute atomic E-state index is 0.163.